The Balaban J connectivity index is 2.10. The van der Waals surface area contributed by atoms with Crippen LogP contribution >= 0.6 is 0 Å². The van der Waals surface area contributed by atoms with Crippen LogP contribution < -0.4 is 0 Å². The van der Waals surface area contributed by atoms with E-state index < -0.39 is 16.0 Å². The lowest BCUT2D eigenvalue weighted by Gasteiger charge is -2.34. The molecule has 10 heteroatoms. The molecule has 0 N–H and O–H groups in total. The number of ether oxygens (including phenoxy) is 2. The molecule has 0 aromatic heterocycles. The summed E-state index contributed by atoms with van der Waals surface area (Å²) in [5, 5.41) is 0. The van der Waals surface area contributed by atoms with Crippen LogP contribution in [0.25, 0.3) is 0 Å². The van der Waals surface area contributed by atoms with Crippen LogP contribution in [0.5, 0.6) is 0 Å². The van der Waals surface area contributed by atoms with E-state index in [2.05, 4.69) is 4.74 Å². The van der Waals surface area contributed by atoms with Gasteiger partial charge in [-0.15, -0.1) is 0 Å². The van der Waals surface area contributed by atoms with Gasteiger partial charge in [0.2, 0.25) is 15.9 Å². The summed E-state index contributed by atoms with van der Waals surface area (Å²) in [4.78, 5) is 38.2. The fraction of sp³-hybridized carbons (Fsp3) is 0.591. The SMILES string of the molecule is COC(=O)CCN(CC(C)C)C(=O)C1CCN(S(=O)(=O)c2ccccc2C(=O)OC)CC1. The summed E-state index contributed by atoms with van der Waals surface area (Å²) >= 11 is 0. The molecule has 1 saturated heterocycles. The third-order valence-electron chi connectivity index (χ3n) is 5.42. The van der Waals surface area contributed by atoms with Crippen LogP contribution in [0.4, 0.5) is 0 Å². The molecule has 2 rings (SSSR count). The van der Waals surface area contributed by atoms with Gasteiger partial charge in [-0.3, -0.25) is 9.59 Å². The molecule has 0 radical (unpaired) electrons. The first-order chi connectivity index (χ1) is 15.1. The smallest absolute Gasteiger partial charge is 0.339 e. The Kier molecular flexibility index (Phi) is 9.21. The summed E-state index contributed by atoms with van der Waals surface area (Å²) in [5.41, 5.74) is -0.0147. The standard InChI is InChI=1S/C22H32N2O7S/c1-16(2)15-23(12-11-20(25)30-3)21(26)17-9-13-24(14-10-17)32(28,29)19-8-6-5-7-18(19)22(27)31-4/h5-8,16-17H,9-15H2,1-4H3. The van der Waals surface area contributed by atoms with E-state index in [4.69, 9.17) is 4.74 Å². The van der Waals surface area contributed by atoms with Crippen LogP contribution in [0.2, 0.25) is 0 Å². The highest BCUT2D eigenvalue weighted by atomic mass is 32.2. The zero-order chi connectivity index (χ0) is 23.9. The molecule has 32 heavy (non-hydrogen) atoms. The largest absolute Gasteiger partial charge is 0.469 e. The number of nitrogens with zero attached hydrogens (tertiary/aromatic N) is 2. The fourth-order valence-corrected chi connectivity index (χ4v) is 5.42. The molecule has 0 bridgehead atoms. The summed E-state index contributed by atoms with van der Waals surface area (Å²) in [5.74, 6) is -1.27. The number of benzene rings is 1. The molecule has 1 heterocycles. The second-order valence-electron chi connectivity index (χ2n) is 8.17. The number of amides is 1. The van der Waals surface area contributed by atoms with E-state index >= 15 is 0 Å². The van der Waals surface area contributed by atoms with Gasteiger partial charge in [-0.25, -0.2) is 13.2 Å². The lowest BCUT2D eigenvalue weighted by Crippen LogP contribution is -2.46. The molecule has 0 saturated carbocycles. The maximum atomic E-state index is 13.2. The van der Waals surface area contributed by atoms with Crippen molar-refractivity contribution >= 4 is 27.9 Å². The Morgan fingerprint density at radius 2 is 1.72 bits per heavy atom. The molecule has 0 aliphatic carbocycles. The van der Waals surface area contributed by atoms with Crippen molar-refractivity contribution in [3.63, 3.8) is 0 Å². The minimum Gasteiger partial charge on any atom is -0.469 e. The van der Waals surface area contributed by atoms with Crippen molar-refractivity contribution in [3.05, 3.63) is 29.8 Å². The third-order valence-corrected chi connectivity index (χ3v) is 7.38. The number of carbonyl (C=O) groups is 3. The average molecular weight is 469 g/mol. The first-order valence-electron chi connectivity index (χ1n) is 10.6. The van der Waals surface area contributed by atoms with Crippen molar-refractivity contribution in [2.45, 2.75) is 38.0 Å². The Labute approximate surface area is 189 Å². The quantitative estimate of drug-likeness (QED) is 0.509. The highest BCUT2D eigenvalue weighted by Gasteiger charge is 2.35. The number of rotatable bonds is 9. The zero-order valence-corrected chi connectivity index (χ0v) is 19.9. The van der Waals surface area contributed by atoms with Crippen LogP contribution in [0, 0.1) is 11.8 Å². The van der Waals surface area contributed by atoms with E-state index in [1.54, 1.807) is 17.0 Å². The minimum atomic E-state index is -3.91. The molecule has 9 nitrogen and oxygen atoms in total. The molecule has 0 atom stereocenters. The third kappa shape index (κ3) is 6.29. The number of methoxy groups -OCH3 is 2. The number of hydrogen-bond donors (Lipinski definition) is 0. The number of esters is 2. The number of piperidine rings is 1. The highest BCUT2D eigenvalue weighted by Crippen LogP contribution is 2.27. The Bertz CT molecular complexity index is 922. The summed E-state index contributed by atoms with van der Waals surface area (Å²) in [6.07, 6.45) is 0.850. The molecular weight excluding hydrogens is 436 g/mol. The molecule has 1 aliphatic heterocycles. The van der Waals surface area contributed by atoms with Crippen molar-refractivity contribution in [2.75, 3.05) is 40.4 Å². The van der Waals surface area contributed by atoms with E-state index in [1.165, 1.54) is 30.7 Å². The van der Waals surface area contributed by atoms with E-state index in [1.807, 2.05) is 13.8 Å². The van der Waals surface area contributed by atoms with Crippen LogP contribution in [0.15, 0.2) is 29.2 Å². The normalized spacial score (nSPS) is 15.4. The van der Waals surface area contributed by atoms with Crippen LogP contribution in [0.1, 0.15) is 43.5 Å². The van der Waals surface area contributed by atoms with Crippen LogP contribution in [0.3, 0.4) is 0 Å². The predicted octanol–water partition coefficient (Wildman–Crippen LogP) is 1.92. The predicted molar refractivity (Wildman–Crippen MR) is 117 cm³/mol. The van der Waals surface area contributed by atoms with Gasteiger partial charge in [-0.05, 0) is 30.9 Å². The van der Waals surface area contributed by atoms with E-state index in [0.717, 1.165) is 0 Å². The molecule has 178 valence electrons. The maximum Gasteiger partial charge on any atom is 0.339 e. The van der Waals surface area contributed by atoms with Gasteiger partial charge in [-0.1, -0.05) is 26.0 Å². The van der Waals surface area contributed by atoms with Gasteiger partial charge >= 0.3 is 11.9 Å². The summed E-state index contributed by atoms with van der Waals surface area (Å²) < 4.78 is 37.0. The summed E-state index contributed by atoms with van der Waals surface area (Å²) in [6, 6.07) is 5.94. The Morgan fingerprint density at radius 1 is 1.09 bits per heavy atom. The minimum absolute atomic E-state index is 0.0147. The molecular formula is C22H32N2O7S. The van der Waals surface area contributed by atoms with Crippen molar-refractivity contribution < 1.29 is 32.3 Å². The Morgan fingerprint density at radius 3 is 2.28 bits per heavy atom. The van der Waals surface area contributed by atoms with Crippen molar-refractivity contribution in [1.29, 1.82) is 0 Å². The maximum absolute atomic E-state index is 13.2. The van der Waals surface area contributed by atoms with Gasteiger partial charge in [0.1, 0.15) is 0 Å². The molecule has 1 aromatic carbocycles. The first kappa shape index (κ1) is 25.8. The number of carbonyl (C=O) groups excluding carboxylic acids is 3. The second kappa shape index (κ2) is 11.4. The van der Waals surface area contributed by atoms with Gasteiger partial charge in [0.25, 0.3) is 0 Å². The van der Waals surface area contributed by atoms with Crippen LogP contribution in [-0.4, -0.2) is 75.9 Å². The van der Waals surface area contributed by atoms with Gasteiger partial charge in [0.15, 0.2) is 0 Å². The zero-order valence-electron chi connectivity index (χ0n) is 19.1. The Hall–Kier alpha value is -2.46. The molecule has 1 amide bonds. The van der Waals surface area contributed by atoms with Crippen molar-refractivity contribution in [1.82, 2.24) is 9.21 Å². The lowest BCUT2D eigenvalue weighted by molar-refractivity contribution is -0.143. The molecule has 1 aromatic rings. The van der Waals surface area contributed by atoms with Gasteiger partial charge in [-0.2, -0.15) is 4.31 Å². The van der Waals surface area contributed by atoms with E-state index in [0.29, 0.717) is 19.4 Å². The fourth-order valence-electron chi connectivity index (χ4n) is 3.77. The highest BCUT2D eigenvalue weighted by molar-refractivity contribution is 7.89. The lowest BCUT2D eigenvalue weighted by atomic mass is 9.96. The topological polar surface area (TPSA) is 110 Å². The van der Waals surface area contributed by atoms with E-state index in [9.17, 15) is 22.8 Å². The molecule has 0 unspecified atom stereocenters. The van der Waals surface area contributed by atoms with Crippen molar-refractivity contribution in [2.24, 2.45) is 11.8 Å². The van der Waals surface area contributed by atoms with Gasteiger partial charge < -0.3 is 14.4 Å². The molecule has 0 spiro atoms. The first-order valence-corrected chi connectivity index (χ1v) is 12.1. The monoisotopic (exact) mass is 468 g/mol. The van der Waals surface area contributed by atoms with Crippen molar-refractivity contribution in [3.8, 4) is 0 Å². The second-order valence-corrected chi connectivity index (χ2v) is 10.1. The average Bonchev–Trinajstić information content (AvgIpc) is 2.80. The number of hydrogen-bond acceptors (Lipinski definition) is 7. The summed E-state index contributed by atoms with van der Waals surface area (Å²) in [6.45, 7) is 5.11. The summed E-state index contributed by atoms with van der Waals surface area (Å²) in [7, 11) is -1.40. The molecule has 1 aliphatic rings. The van der Waals surface area contributed by atoms with Gasteiger partial charge in [0.05, 0.1) is 31.1 Å². The van der Waals surface area contributed by atoms with E-state index in [-0.39, 0.29) is 60.2 Å². The van der Waals surface area contributed by atoms with Crippen LogP contribution in [-0.2, 0) is 29.1 Å². The van der Waals surface area contributed by atoms with Gasteiger partial charge in [0, 0.05) is 32.1 Å². The number of sulfonamides is 1. The molecule has 1 fully saturated rings.